The molecule has 2 heterocycles. The van der Waals surface area contributed by atoms with Crippen molar-refractivity contribution in [3.8, 4) is 0 Å². The Balaban J connectivity index is 0.00000208. The Bertz CT molecular complexity index is 626. The maximum atomic E-state index is 12.1. The van der Waals surface area contributed by atoms with Gasteiger partial charge in [-0.2, -0.15) is 0 Å². The molecule has 0 unspecified atom stereocenters. The van der Waals surface area contributed by atoms with Gasteiger partial charge in [-0.05, 0) is 43.8 Å². The number of piperidine rings is 1. The number of thiazole rings is 1. The summed E-state index contributed by atoms with van der Waals surface area (Å²) in [5.41, 5.74) is 1.26. The number of benzene rings is 1. The number of carbonyl (C=O) groups excluding carboxylic acids is 1. The van der Waals surface area contributed by atoms with Crippen molar-refractivity contribution >= 4 is 34.8 Å². The molecule has 0 spiro atoms. The number of amides is 1. The molecule has 1 fully saturated rings. The molecular formula is C18H24ClN3OS. The molecule has 1 saturated heterocycles. The van der Waals surface area contributed by atoms with Gasteiger partial charge in [0.05, 0.1) is 0 Å². The molecular weight excluding hydrogens is 342 g/mol. The molecule has 3 rings (SSSR count). The lowest BCUT2D eigenvalue weighted by molar-refractivity contribution is -0.116. The molecule has 0 atom stereocenters. The molecule has 1 aliphatic rings. The van der Waals surface area contributed by atoms with E-state index in [2.05, 4.69) is 27.8 Å². The monoisotopic (exact) mass is 365 g/mol. The zero-order valence-electron chi connectivity index (χ0n) is 13.7. The predicted octanol–water partition coefficient (Wildman–Crippen LogP) is 3.87. The van der Waals surface area contributed by atoms with E-state index >= 15 is 0 Å². The van der Waals surface area contributed by atoms with E-state index in [4.69, 9.17) is 0 Å². The molecule has 0 saturated carbocycles. The number of hydrogen-bond donors (Lipinski definition) is 2. The van der Waals surface area contributed by atoms with Crippen molar-refractivity contribution in [3.63, 3.8) is 0 Å². The van der Waals surface area contributed by atoms with Gasteiger partial charge in [0.1, 0.15) is 0 Å². The molecule has 130 valence electrons. The standard InChI is InChI=1S/C18H23N3OS.ClH/c22-17(7-6-14-8-10-19-11-9-14)21-18-20-13-16(23-18)12-15-4-2-1-3-5-15;/h1-5,13-14,19H,6-12H2,(H,20,21,22);1H. The maximum absolute atomic E-state index is 12.1. The Kier molecular flexibility index (Phi) is 7.69. The van der Waals surface area contributed by atoms with E-state index < -0.39 is 0 Å². The predicted molar refractivity (Wildman–Crippen MR) is 102 cm³/mol. The van der Waals surface area contributed by atoms with E-state index in [0.29, 0.717) is 17.5 Å². The minimum absolute atomic E-state index is 0. The molecule has 2 aromatic rings. The van der Waals surface area contributed by atoms with Crippen LogP contribution in [0.25, 0.3) is 0 Å². The van der Waals surface area contributed by atoms with E-state index in [-0.39, 0.29) is 18.3 Å². The SMILES string of the molecule is Cl.O=C(CCC1CCNCC1)Nc1ncc(Cc2ccccc2)s1. The van der Waals surface area contributed by atoms with Crippen LogP contribution in [0.2, 0.25) is 0 Å². The van der Waals surface area contributed by atoms with E-state index in [0.717, 1.165) is 25.9 Å². The van der Waals surface area contributed by atoms with Gasteiger partial charge in [-0.1, -0.05) is 30.3 Å². The minimum Gasteiger partial charge on any atom is -0.317 e. The lowest BCUT2D eigenvalue weighted by Crippen LogP contribution is -2.28. The first-order valence-electron chi connectivity index (χ1n) is 8.29. The number of nitrogens with one attached hydrogen (secondary N) is 2. The number of anilines is 1. The fraction of sp³-hybridized carbons (Fsp3) is 0.444. The van der Waals surface area contributed by atoms with Crippen LogP contribution in [0, 0.1) is 5.92 Å². The van der Waals surface area contributed by atoms with Gasteiger partial charge in [0.25, 0.3) is 0 Å². The van der Waals surface area contributed by atoms with Gasteiger partial charge in [0.2, 0.25) is 5.91 Å². The average molecular weight is 366 g/mol. The first kappa shape index (κ1) is 18.9. The van der Waals surface area contributed by atoms with Gasteiger partial charge in [-0.3, -0.25) is 4.79 Å². The largest absolute Gasteiger partial charge is 0.317 e. The molecule has 0 aliphatic carbocycles. The normalized spacial score (nSPS) is 14.8. The van der Waals surface area contributed by atoms with E-state index in [1.54, 1.807) is 11.3 Å². The zero-order chi connectivity index (χ0) is 15.9. The van der Waals surface area contributed by atoms with Crippen molar-refractivity contribution in [1.29, 1.82) is 0 Å². The Morgan fingerprint density at radius 3 is 2.75 bits per heavy atom. The summed E-state index contributed by atoms with van der Waals surface area (Å²) in [6.45, 7) is 2.17. The van der Waals surface area contributed by atoms with Crippen LogP contribution < -0.4 is 10.6 Å². The summed E-state index contributed by atoms with van der Waals surface area (Å²) in [6, 6.07) is 10.3. The average Bonchev–Trinajstić information content (AvgIpc) is 3.02. The smallest absolute Gasteiger partial charge is 0.226 e. The first-order valence-corrected chi connectivity index (χ1v) is 9.10. The van der Waals surface area contributed by atoms with Gasteiger partial charge in [0.15, 0.2) is 5.13 Å². The van der Waals surface area contributed by atoms with Crippen LogP contribution in [0.4, 0.5) is 5.13 Å². The Labute approximate surface area is 153 Å². The Morgan fingerprint density at radius 1 is 1.25 bits per heavy atom. The summed E-state index contributed by atoms with van der Waals surface area (Å²) >= 11 is 1.56. The van der Waals surface area contributed by atoms with Crippen molar-refractivity contribution < 1.29 is 4.79 Å². The van der Waals surface area contributed by atoms with Gasteiger partial charge in [-0.25, -0.2) is 4.98 Å². The number of carbonyl (C=O) groups is 1. The van der Waals surface area contributed by atoms with Gasteiger partial charge in [-0.15, -0.1) is 23.7 Å². The van der Waals surface area contributed by atoms with Crippen molar-refractivity contribution in [2.45, 2.75) is 32.1 Å². The van der Waals surface area contributed by atoms with Gasteiger partial charge < -0.3 is 10.6 Å². The van der Waals surface area contributed by atoms with Crippen LogP contribution in [0.3, 0.4) is 0 Å². The van der Waals surface area contributed by atoms with Crippen molar-refractivity contribution in [2.75, 3.05) is 18.4 Å². The number of halogens is 1. The quantitative estimate of drug-likeness (QED) is 0.816. The summed E-state index contributed by atoms with van der Waals surface area (Å²) in [6.07, 6.45) is 6.68. The van der Waals surface area contributed by atoms with E-state index in [1.165, 1.54) is 23.3 Å². The number of nitrogens with zero attached hydrogens (tertiary/aromatic N) is 1. The molecule has 2 N–H and O–H groups in total. The van der Waals surface area contributed by atoms with Gasteiger partial charge >= 0.3 is 0 Å². The molecule has 6 heteroatoms. The maximum Gasteiger partial charge on any atom is 0.226 e. The number of hydrogen-bond acceptors (Lipinski definition) is 4. The van der Waals surface area contributed by atoms with Crippen LogP contribution in [0.5, 0.6) is 0 Å². The molecule has 4 nitrogen and oxygen atoms in total. The molecule has 0 bridgehead atoms. The fourth-order valence-corrected chi connectivity index (χ4v) is 3.79. The molecule has 24 heavy (non-hydrogen) atoms. The minimum atomic E-state index is 0. The topological polar surface area (TPSA) is 54.0 Å². The second-order valence-corrected chi connectivity index (χ2v) is 7.19. The fourth-order valence-electron chi connectivity index (χ4n) is 2.93. The van der Waals surface area contributed by atoms with Crippen LogP contribution in [-0.2, 0) is 11.2 Å². The molecule has 0 radical (unpaired) electrons. The van der Waals surface area contributed by atoms with Crippen molar-refractivity contribution in [1.82, 2.24) is 10.3 Å². The Morgan fingerprint density at radius 2 is 2.00 bits per heavy atom. The highest BCUT2D eigenvalue weighted by Gasteiger charge is 2.15. The molecule has 1 aromatic heterocycles. The molecule has 1 aromatic carbocycles. The highest BCUT2D eigenvalue weighted by Crippen LogP contribution is 2.22. The van der Waals surface area contributed by atoms with Crippen LogP contribution in [0.15, 0.2) is 36.5 Å². The third-order valence-electron chi connectivity index (χ3n) is 4.26. The first-order chi connectivity index (χ1) is 11.3. The third kappa shape index (κ3) is 5.89. The van der Waals surface area contributed by atoms with Crippen LogP contribution in [0.1, 0.15) is 36.1 Å². The molecule has 1 amide bonds. The summed E-state index contributed by atoms with van der Waals surface area (Å²) in [7, 11) is 0. The molecule has 1 aliphatic heterocycles. The number of rotatable bonds is 6. The lowest BCUT2D eigenvalue weighted by Gasteiger charge is -2.21. The summed E-state index contributed by atoms with van der Waals surface area (Å²) in [5.74, 6) is 0.774. The van der Waals surface area contributed by atoms with Crippen LogP contribution in [-0.4, -0.2) is 24.0 Å². The van der Waals surface area contributed by atoms with E-state index in [1.807, 2.05) is 24.4 Å². The summed E-state index contributed by atoms with van der Waals surface area (Å²) in [4.78, 5) is 17.6. The van der Waals surface area contributed by atoms with Crippen molar-refractivity contribution in [3.05, 3.63) is 47.0 Å². The van der Waals surface area contributed by atoms with Crippen molar-refractivity contribution in [2.24, 2.45) is 5.92 Å². The summed E-state index contributed by atoms with van der Waals surface area (Å²) < 4.78 is 0. The lowest BCUT2D eigenvalue weighted by atomic mass is 9.93. The zero-order valence-corrected chi connectivity index (χ0v) is 15.3. The summed E-state index contributed by atoms with van der Waals surface area (Å²) in [5, 5.41) is 7.01. The third-order valence-corrected chi connectivity index (χ3v) is 5.17. The van der Waals surface area contributed by atoms with Gasteiger partial charge in [0, 0.05) is 23.9 Å². The second kappa shape index (κ2) is 9.77. The second-order valence-electron chi connectivity index (χ2n) is 6.07. The number of aromatic nitrogens is 1. The van der Waals surface area contributed by atoms with Crippen LogP contribution >= 0.6 is 23.7 Å². The Hall–Kier alpha value is -1.43. The van der Waals surface area contributed by atoms with E-state index in [9.17, 15) is 4.79 Å². The highest BCUT2D eigenvalue weighted by molar-refractivity contribution is 7.15. The highest BCUT2D eigenvalue weighted by atomic mass is 35.5.